The lowest BCUT2D eigenvalue weighted by molar-refractivity contribution is 0.220. The standard InChI is InChI=1S/C35H47FN8O/c1-42(23-24-44(34-12-3-4-17-38-34)28-30-13-15-32(36)16-14-30)20-8-18-39-35(41-29-37)40-19-9-25-45-33-11-7-10-31(26-33)27-43-21-5-2-6-22-43/h3-4,7,10-17,26H,2,5-6,8-9,18-25,27-28H2,1H3,(H2,39,40,41). The van der Waals surface area contributed by atoms with Crippen molar-refractivity contribution in [1.82, 2.24) is 25.4 Å². The highest BCUT2D eigenvalue weighted by atomic mass is 19.1. The van der Waals surface area contributed by atoms with Crippen LogP contribution in [0.1, 0.15) is 43.2 Å². The number of hydrogen-bond donors (Lipinski definition) is 2. The highest BCUT2D eigenvalue weighted by Gasteiger charge is 2.12. The molecule has 0 aliphatic carbocycles. The molecule has 3 aromatic rings. The first-order valence-corrected chi connectivity index (χ1v) is 16.1. The van der Waals surface area contributed by atoms with Gasteiger partial charge >= 0.3 is 0 Å². The van der Waals surface area contributed by atoms with Gasteiger partial charge in [0.15, 0.2) is 6.19 Å². The van der Waals surface area contributed by atoms with Gasteiger partial charge in [-0.15, -0.1) is 0 Å². The largest absolute Gasteiger partial charge is 0.494 e. The van der Waals surface area contributed by atoms with E-state index in [-0.39, 0.29) is 5.82 Å². The maximum atomic E-state index is 13.4. The van der Waals surface area contributed by atoms with Gasteiger partial charge in [-0.05, 0) is 93.5 Å². The first kappa shape index (κ1) is 33.7. The van der Waals surface area contributed by atoms with E-state index in [0.717, 1.165) is 56.2 Å². The number of anilines is 1. The number of nitriles is 1. The Morgan fingerprint density at radius 1 is 1.00 bits per heavy atom. The summed E-state index contributed by atoms with van der Waals surface area (Å²) in [6, 6.07) is 20.9. The van der Waals surface area contributed by atoms with E-state index in [1.54, 1.807) is 6.20 Å². The van der Waals surface area contributed by atoms with Crippen LogP contribution in [-0.2, 0) is 13.1 Å². The Morgan fingerprint density at radius 2 is 1.84 bits per heavy atom. The molecule has 0 saturated carbocycles. The minimum Gasteiger partial charge on any atom is -0.494 e. The third kappa shape index (κ3) is 12.7. The van der Waals surface area contributed by atoms with Gasteiger partial charge in [0.2, 0.25) is 5.96 Å². The van der Waals surface area contributed by atoms with Crippen LogP contribution in [0.25, 0.3) is 0 Å². The Labute approximate surface area is 267 Å². The molecule has 0 amide bonds. The van der Waals surface area contributed by atoms with Crippen molar-refractivity contribution in [2.75, 3.05) is 64.4 Å². The van der Waals surface area contributed by atoms with E-state index in [1.807, 2.05) is 42.6 Å². The van der Waals surface area contributed by atoms with Gasteiger partial charge in [0.1, 0.15) is 17.4 Å². The summed E-state index contributed by atoms with van der Waals surface area (Å²) in [5, 5.41) is 15.1. The van der Waals surface area contributed by atoms with E-state index in [1.165, 1.54) is 50.0 Å². The van der Waals surface area contributed by atoms with E-state index in [4.69, 9.17) is 10.00 Å². The summed E-state index contributed by atoms with van der Waals surface area (Å²) in [7, 11) is 2.10. The molecule has 0 unspecified atom stereocenters. The molecule has 10 heteroatoms. The molecule has 1 aliphatic rings. The Morgan fingerprint density at radius 3 is 2.62 bits per heavy atom. The van der Waals surface area contributed by atoms with Crippen molar-refractivity contribution < 1.29 is 9.13 Å². The Kier molecular flexibility index (Phi) is 14.4. The zero-order valence-electron chi connectivity index (χ0n) is 26.5. The number of aromatic nitrogens is 1. The number of nitrogens with one attached hydrogen (secondary N) is 2. The average Bonchev–Trinajstić information content (AvgIpc) is 3.06. The number of aliphatic imine (C=N–C) groups is 1. The fourth-order valence-corrected chi connectivity index (χ4v) is 5.33. The van der Waals surface area contributed by atoms with Crippen LogP contribution in [0.15, 0.2) is 77.9 Å². The molecular weight excluding hydrogens is 567 g/mol. The highest BCUT2D eigenvalue weighted by molar-refractivity contribution is 5.81. The number of likely N-dealkylation sites (tertiary alicyclic amines) is 1. The first-order valence-electron chi connectivity index (χ1n) is 16.1. The second-order valence-corrected chi connectivity index (χ2v) is 11.5. The molecule has 0 atom stereocenters. The van der Waals surface area contributed by atoms with Crippen LogP contribution in [0.2, 0.25) is 0 Å². The topological polar surface area (TPSA) is 92.0 Å². The lowest BCUT2D eigenvalue weighted by Crippen LogP contribution is -2.37. The van der Waals surface area contributed by atoms with Crippen LogP contribution in [0.4, 0.5) is 10.2 Å². The Bertz CT molecular complexity index is 1330. The second kappa shape index (κ2) is 19.2. The second-order valence-electron chi connectivity index (χ2n) is 11.5. The van der Waals surface area contributed by atoms with Crippen molar-refractivity contribution in [3.8, 4) is 11.9 Å². The van der Waals surface area contributed by atoms with Crippen LogP contribution >= 0.6 is 0 Å². The molecule has 2 heterocycles. The van der Waals surface area contributed by atoms with Gasteiger partial charge in [0.05, 0.1) is 6.61 Å². The summed E-state index contributed by atoms with van der Waals surface area (Å²) in [5.74, 6) is 2.05. The summed E-state index contributed by atoms with van der Waals surface area (Å²) in [4.78, 5) is 16.1. The van der Waals surface area contributed by atoms with E-state index in [9.17, 15) is 4.39 Å². The average molecular weight is 615 g/mol. The molecule has 0 radical (unpaired) electrons. The maximum absolute atomic E-state index is 13.4. The Balaban J connectivity index is 1.13. The number of benzene rings is 2. The normalized spacial score (nSPS) is 13.8. The Hall–Kier alpha value is -4.20. The van der Waals surface area contributed by atoms with Crippen molar-refractivity contribution >= 4 is 11.8 Å². The zero-order chi connectivity index (χ0) is 31.5. The molecule has 1 aliphatic heterocycles. The lowest BCUT2D eigenvalue weighted by atomic mass is 10.1. The monoisotopic (exact) mass is 614 g/mol. The third-order valence-electron chi connectivity index (χ3n) is 7.79. The number of likely N-dealkylation sites (N-methyl/N-ethyl adjacent to an activating group) is 1. The van der Waals surface area contributed by atoms with E-state index >= 15 is 0 Å². The minimum atomic E-state index is -0.233. The van der Waals surface area contributed by atoms with Crippen LogP contribution in [0, 0.1) is 17.3 Å². The number of halogens is 1. The van der Waals surface area contributed by atoms with Gasteiger partial charge in [0.25, 0.3) is 0 Å². The van der Waals surface area contributed by atoms with Crippen LogP contribution < -0.4 is 20.3 Å². The fraction of sp³-hybridized carbons (Fsp3) is 0.457. The number of rotatable bonds is 17. The van der Waals surface area contributed by atoms with Gasteiger partial charge in [0, 0.05) is 51.9 Å². The van der Waals surface area contributed by atoms with E-state index in [2.05, 4.69) is 60.6 Å². The number of guanidine groups is 1. The number of pyridine rings is 1. The van der Waals surface area contributed by atoms with Crippen LogP contribution in [0.5, 0.6) is 5.75 Å². The van der Waals surface area contributed by atoms with Crippen molar-refractivity contribution in [1.29, 1.82) is 5.26 Å². The molecular formula is C35H47FN8O. The van der Waals surface area contributed by atoms with Crippen molar-refractivity contribution in [2.45, 2.75) is 45.2 Å². The predicted octanol–water partition coefficient (Wildman–Crippen LogP) is 5.02. The third-order valence-corrected chi connectivity index (χ3v) is 7.79. The van der Waals surface area contributed by atoms with Crippen LogP contribution in [0.3, 0.4) is 0 Å². The lowest BCUT2D eigenvalue weighted by Gasteiger charge is -2.27. The predicted molar refractivity (Wildman–Crippen MR) is 179 cm³/mol. The summed E-state index contributed by atoms with van der Waals surface area (Å²) in [6.45, 7) is 8.32. The number of ether oxygens (including phenoxy) is 1. The molecule has 9 nitrogen and oxygen atoms in total. The molecule has 240 valence electrons. The fourth-order valence-electron chi connectivity index (χ4n) is 5.33. The quantitative estimate of drug-likeness (QED) is 0.0720. The summed E-state index contributed by atoms with van der Waals surface area (Å²) in [5.41, 5.74) is 2.33. The molecule has 0 spiro atoms. The summed E-state index contributed by atoms with van der Waals surface area (Å²) < 4.78 is 19.4. The molecule has 1 aromatic heterocycles. The molecule has 0 bridgehead atoms. The molecule has 1 fully saturated rings. The van der Waals surface area contributed by atoms with Crippen molar-refractivity contribution in [3.05, 3.63) is 89.9 Å². The SMILES string of the molecule is CN(CCCN/C(=N/CCCOc1cccc(CN2CCCCC2)c1)NC#N)CCN(Cc1ccc(F)cc1)c1ccccn1. The molecule has 4 rings (SSSR count). The molecule has 45 heavy (non-hydrogen) atoms. The van der Waals surface area contributed by atoms with Gasteiger partial charge in [-0.2, -0.15) is 5.26 Å². The number of piperidine rings is 1. The summed E-state index contributed by atoms with van der Waals surface area (Å²) in [6.07, 6.45) is 9.33. The molecule has 2 N–H and O–H groups in total. The van der Waals surface area contributed by atoms with Gasteiger partial charge in [-0.1, -0.05) is 36.8 Å². The zero-order valence-corrected chi connectivity index (χ0v) is 26.5. The van der Waals surface area contributed by atoms with Gasteiger partial charge in [-0.3, -0.25) is 15.2 Å². The van der Waals surface area contributed by atoms with Gasteiger partial charge in [-0.25, -0.2) is 9.37 Å². The highest BCUT2D eigenvalue weighted by Crippen LogP contribution is 2.18. The minimum absolute atomic E-state index is 0.233. The molecule has 1 saturated heterocycles. The first-order chi connectivity index (χ1) is 22.1. The van der Waals surface area contributed by atoms with E-state index < -0.39 is 0 Å². The van der Waals surface area contributed by atoms with Gasteiger partial charge < -0.3 is 19.9 Å². The molecule has 2 aromatic carbocycles. The number of hydrogen-bond acceptors (Lipinski definition) is 7. The maximum Gasteiger partial charge on any atom is 0.204 e. The summed E-state index contributed by atoms with van der Waals surface area (Å²) >= 11 is 0. The number of nitrogens with zero attached hydrogens (tertiary/aromatic N) is 6. The smallest absolute Gasteiger partial charge is 0.204 e. The van der Waals surface area contributed by atoms with Crippen molar-refractivity contribution in [3.63, 3.8) is 0 Å². The van der Waals surface area contributed by atoms with Crippen molar-refractivity contribution in [2.24, 2.45) is 4.99 Å². The van der Waals surface area contributed by atoms with Crippen LogP contribution in [-0.4, -0.2) is 80.2 Å². The van der Waals surface area contributed by atoms with E-state index in [0.29, 0.717) is 32.2 Å².